The van der Waals surface area contributed by atoms with Crippen LogP contribution in [-0.4, -0.2) is 45.4 Å². The van der Waals surface area contributed by atoms with Crippen LogP contribution in [0.2, 0.25) is 0 Å². The average Bonchev–Trinajstić information content (AvgIpc) is 2.81. The number of hydrogen-bond acceptors (Lipinski definition) is 5. The van der Waals surface area contributed by atoms with Gasteiger partial charge in [0.25, 0.3) is 15.9 Å². The third-order valence-corrected chi connectivity index (χ3v) is 6.74. The van der Waals surface area contributed by atoms with Gasteiger partial charge in [0.05, 0.1) is 4.90 Å². The van der Waals surface area contributed by atoms with Gasteiger partial charge < -0.3 is 4.90 Å². The lowest BCUT2D eigenvalue weighted by atomic mass is 10.2. The molecule has 0 aromatic heterocycles. The lowest BCUT2D eigenvalue weighted by molar-refractivity contribution is 0.0981. The molecular formula is C24H25N3O3S. The smallest absolute Gasteiger partial charge is 0.264 e. The van der Waals surface area contributed by atoms with Crippen molar-refractivity contribution in [3.8, 4) is 0 Å². The molecular weight excluding hydrogens is 410 g/mol. The van der Waals surface area contributed by atoms with Crippen molar-refractivity contribution in [1.82, 2.24) is 9.62 Å². The molecule has 0 saturated carbocycles. The number of piperazine rings is 1. The van der Waals surface area contributed by atoms with Gasteiger partial charge in [-0.1, -0.05) is 48.5 Å². The minimum Gasteiger partial charge on any atom is -0.369 e. The van der Waals surface area contributed by atoms with Gasteiger partial charge in [0.15, 0.2) is 0 Å². The number of nitrogens with zero attached hydrogens (tertiary/aromatic N) is 2. The molecule has 0 radical (unpaired) electrons. The number of benzene rings is 3. The fraction of sp³-hybridized carbons (Fsp3) is 0.208. The number of para-hydroxylation sites is 1. The predicted octanol–water partition coefficient (Wildman–Crippen LogP) is 3.13. The molecule has 1 aliphatic rings. The highest BCUT2D eigenvalue weighted by molar-refractivity contribution is 7.90. The van der Waals surface area contributed by atoms with Crippen LogP contribution in [0.25, 0.3) is 0 Å². The highest BCUT2D eigenvalue weighted by atomic mass is 32.2. The lowest BCUT2D eigenvalue weighted by Crippen LogP contribution is -2.45. The number of carbonyl (C=O) groups excluding carboxylic acids is 1. The van der Waals surface area contributed by atoms with E-state index in [1.54, 1.807) is 42.5 Å². The summed E-state index contributed by atoms with van der Waals surface area (Å²) >= 11 is 0. The van der Waals surface area contributed by atoms with E-state index in [9.17, 15) is 13.2 Å². The largest absolute Gasteiger partial charge is 0.369 e. The normalized spacial score (nSPS) is 14.9. The highest BCUT2D eigenvalue weighted by Gasteiger charge is 2.20. The monoisotopic (exact) mass is 435 g/mol. The maximum atomic E-state index is 12.5. The molecule has 7 heteroatoms. The van der Waals surface area contributed by atoms with Crippen molar-refractivity contribution in [2.45, 2.75) is 11.4 Å². The van der Waals surface area contributed by atoms with Gasteiger partial charge in [-0.15, -0.1) is 0 Å². The van der Waals surface area contributed by atoms with E-state index in [1.165, 1.54) is 5.69 Å². The number of amides is 1. The molecule has 0 bridgehead atoms. The number of hydrogen-bond donors (Lipinski definition) is 1. The van der Waals surface area contributed by atoms with Crippen molar-refractivity contribution >= 4 is 21.6 Å². The summed E-state index contributed by atoms with van der Waals surface area (Å²) in [4.78, 5) is 17.0. The lowest BCUT2D eigenvalue weighted by Gasteiger charge is -2.36. The molecule has 3 aromatic rings. The van der Waals surface area contributed by atoms with Gasteiger partial charge >= 0.3 is 0 Å². The highest BCUT2D eigenvalue weighted by Crippen LogP contribution is 2.18. The summed E-state index contributed by atoms with van der Waals surface area (Å²) in [6.07, 6.45) is 0. The molecule has 3 aromatic carbocycles. The second kappa shape index (κ2) is 9.32. The van der Waals surface area contributed by atoms with Gasteiger partial charge in [-0.2, -0.15) is 0 Å². The summed E-state index contributed by atoms with van der Waals surface area (Å²) in [5.74, 6) is -0.638. The van der Waals surface area contributed by atoms with E-state index in [-0.39, 0.29) is 4.90 Å². The summed E-state index contributed by atoms with van der Waals surface area (Å²) in [5, 5.41) is 0. The van der Waals surface area contributed by atoms with E-state index in [1.807, 2.05) is 18.2 Å². The first-order valence-corrected chi connectivity index (χ1v) is 11.7. The van der Waals surface area contributed by atoms with Crippen LogP contribution in [0.1, 0.15) is 15.9 Å². The predicted molar refractivity (Wildman–Crippen MR) is 121 cm³/mol. The van der Waals surface area contributed by atoms with Crippen molar-refractivity contribution in [3.63, 3.8) is 0 Å². The third kappa shape index (κ3) is 5.31. The number of rotatable bonds is 6. The topological polar surface area (TPSA) is 69.7 Å². The van der Waals surface area contributed by atoms with Gasteiger partial charge in [-0.05, 0) is 42.0 Å². The van der Waals surface area contributed by atoms with Gasteiger partial charge in [0, 0.05) is 44.0 Å². The van der Waals surface area contributed by atoms with Crippen LogP contribution in [0.15, 0.2) is 89.8 Å². The number of nitrogens with one attached hydrogen (secondary N) is 1. The van der Waals surface area contributed by atoms with Gasteiger partial charge in [0.2, 0.25) is 0 Å². The van der Waals surface area contributed by atoms with Crippen molar-refractivity contribution in [1.29, 1.82) is 0 Å². The molecule has 1 heterocycles. The molecule has 1 N–H and O–H groups in total. The first kappa shape index (κ1) is 21.1. The van der Waals surface area contributed by atoms with Crippen molar-refractivity contribution in [2.75, 3.05) is 31.1 Å². The summed E-state index contributed by atoms with van der Waals surface area (Å²) in [5.41, 5.74) is 2.59. The van der Waals surface area contributed by atoms with Gasteiger partial charge in [0.1, 0.15) is 0 Å². The SMILES string of the molecule is O=C(NS(=O)(=O)c1ccc(CN2CCN(c3ccccc3)CC2)cc1)c1ccccc1. The fourth-order valence-corrected chi connectivity index (χ4v) is 4.64. The van der Waals surface area contributed by atoms with Crippen LogP contribution in [0.4, 0.5) is 5.69 Å². The number of anilines is 1. The Hall–Kier alpha value is -3.16. The molecule has 4 rings (SSSR count). The Bertz CT molecular complexity index is 1110. The van der Waals surface area contributed by atoms with Crippen molar-refractivity contribution in [3.05, 3.63) is 96.1 Å². The Morgan fingerprint density at radius 1 is 0.774 bits per heavy atom. The Labute approximate surface area is 183 Å². The van der Waals surface area contributed by atoms with E-state index in [0.29, 0.717) is 5.56 Å². The van der Waals surface area contributed by atoms with Gasteiger partial charge in [-0.25, -0.2) is 13.1 Å². The molecule has 160 valence electrons. The van der Waals surface area contributed by atoms with E-state index >= 15 is 0 Å². The molecule has 0 aliphatic carbocycles. The summed E-state index contributed by atoms with van der Waals surface area (Å²) in [7, 11) is -3.92. The molecule has 0 atom stereocenters. The molecule has 31 heavy (non-hydrogen) atoms. The van der Waals surface area contributed by atoms with Crippen LogP contribution >= 0.6 is 0 Å². The molecule has 1 amide bonds. The van der Waals surface area contributed by atoms with Crippen LogP contribution in [0.5, 0.6) is 0 Å². The Balaban J connectivity index is 1.33. The molecule has 0 unspecified atom stereocenters. The quantitative estimate of drug-likeness (QED) is 0.644. The van der Waals surface area contributed by atoms with Crippen LogP contribution < -0.4 is 9.62 Å². The minimum atomic E-state index is -3.92. The Kier molecular flexibility index (Phi) is 6.34. The zero-order chi connectivity index (χ0) is 21.7. The van der Waals surface area contributed by atoms with Gasteiger partial charge in [-0.3, -0.25) is 9.69 Å². The standard InChI is InChI=1S/C24H25N3O3S/c28-24(21-7-3-1-4-8-21)25-31(29,30)23-13-11-20(12-14-23)19-26-15-17-27(18-16-26)22-9-5-2-6-10-22/h1-14H,15-19H2,(H,25,28). The second-order valence-corrected chi connectivity index (χ2v) is 9.23. The number of carbonyl (C=O) groups is 1. The summed E-state index contributed by atoms with van der Waals surface area (Å²) in [6.45, 7) is 4.58. The summed E-state index contributed by atoms with van der Waals surface area (Å²) in [6, 6.07) is 25.4. The zero-order valence-electron chi connectivity index (χ0n) is 17.1. The second-order valence-electron chi connectivity index (χ2n) is 7.54. The molecule has 1 aliphatic heterocycles. The average molecular weight is 436 g/mol. The van der Waals surface area contributed by atoms with E-state index in [0.717, 1.165) is 38.3 Å². The van der Waals surface area contributed by atoms with E-state index < -0.39 is 15.9 Å². The minimum absolute atomic E-state index is 0.0782. The Morgan fingerprint density at radius 2 is 1.35 bits per heavy atom. The number of sulfonamides is 1. The Morgan fingerprint density at radius 3 is 1.97 bits per heavy atom. The maximum absolute atomic E-state index is 12.5. The molecule has 6 nitrogen and oxygen atoms in total. The summed E-state index contributed by atoms with van der Waals surface area (Å²) < 4.78 is 27.2. The van der Waals surface area contributed by atoms with Crippen LogP contribution in [0, 0.1) is 0 Å². The molecule has 0 spiro atoms. The first-order chi connectivity index (χ1) is 15.0. The van der Waals surface area contributed by atoms with Crippen LogP contribution in [0.3, 0.4) is 0 Å². The molecule has 1 fully saturated rings. The van der Waals surface area contributed by atoms with E-state index in [2.05, 4.69) is 38.8 Å². The van der Waals surface area contributed by atoms with Crippen molar-refractivity contribution in [2.24, 2.45) is 0 Å². The molecule has 1 saturated heterocycles. The third-order valence-electron chi connectivity index (χ3n) is 5.40. The van der Waals surface area contributed by atoms with E-state index in [4.69, 9.17) is 0 Å². The fourth-order valence-electron chi connectivity index (χ4n) is 3.66. The zero-order valence-corrected chi connectivity index (χ0v) is 18.0. The maximum Gasteiger partial charge on any atom is 0.264 e. The van der Waals surface area contributed by atoms with Crippen molar-refractivity contribution < 1.29 is 13.2 Å². The first-order valence-electron chi connectivity index (χ1n) is 10.2. The van der Waals surface area contributed by atoms with Crippen LogP contribution in [-0.2, 0) is 16.6 Å².